The maximum atomic E-state index is 12.0. The SMILES string of the molecule is O=S(=O)(O)c1ccc2cc3ccccc3cc2c1-c1c(Cl)nnnc1Cl. The average Bonchev–Trinajstić information content (AvgIpc) is 2.59. The van der Waals surface area contributed by atoms with Crippen molar-refractivity contribution in [3.05, 3.63) is 58.8 Å². The van der Waals surface area contributed by atoms with Crippen molar-refractivity contribution in [1.29, 1.82) is 0 Å². The highest BCUT2D eigenvalue weighted by molar-refractivity contribution is 7.86. The lowest BCUT2D eigenvalue weighted by molar-refractivity contribution is 0.483. The molecule has 0 saturated carbocycles. The molecule has 0 amide bonds. The molecular weight excluding hydrogens is 397 g/mol. The third-order valence-corrected chi connectivity index (χ3v) is 5.48. The minimum absolute atomic E-state index is 0.0943. The Morgan fingerprint density at radius 2 is 1.42 bits per heavy atom. The Balaban J connectivity index is 2.25. The molecule has 0 bridgehead atoms. The van der Waals surface area contributed by atoms with Gasteiger partial charge in [0.15, 0.2) is 10.3 Å². The highest BCUT2D eigenvalue weighted by Crippen LogP contribution is 2.41. The summed E-state index contributed by atoms with van der Waals surface area (Å²) in [5.74, 6) is 0. The molecule has 0 aliphatic heterocycles. The van der Waals surface area contributed by atoms with Crippen LogP contribution in [0.3, 0.4) is 0 Å². The highest BCUT2D eigenvalue weighted by Gasteiger charge is 2.24. The Morgan fingerprint density at radius 3 is 2.04 bits per heavy atom. The van der Waals surface area contributed by atoms with Gasteiger partial charge in [0.1, 0.15) is 4.90 Å². The fourth-order valence-corrected chi connectivity index (χ4v) is 4.15. The van der Waals surface area contributed by atoms with Crippen LogP contribution in [0.5, 0.6) is 0 Å². The van der Waals surface area contributed by atoms with Gasteiger partial charge in [-0.3, -0.25) is 4.55 Å². The molecule has 9 heteroatoms. The maximum Gasteiger partial charge on any atom is 0.295 e. The molecule has 1 aromatic heterocycles. The summed E-state index contributed by atoms with van der Waals surface area (Å²) < 4.78 is 33.7. The van der Waals surface area contributed by atoms with Crippen LogP contribution in [0.15, 0.2) is 53.4 Å². The van der Waals surface area contributed by atoms with E-state index < -0.39 is 10.1 Å². The molecule has 130 valence electrons. The van der Waals surface area contributed by atoms with E-state index in [-0.39, 0.29) is 26.3 Å². The molecule has 26 heavy (non-hydrogen) atoms. The topological polar surface area (TPSA) is 93.0 Å². The number of nitrogens with zero attached hydrogens (tertiary/aromatic N) is 3. The third-order valence-electron chi connectivity index (χ3n) is 4.05. The molecule has 0 saturated heterocycles. The van der Waals surface area contributed by atoms with Gasteiger partial charge in [-0.1, -0.05) is 53.5 Å². The largest absolute Gasteiger partial charge is 0.295 e. The molecule has 1 heterocycles. The quantitative estimate of drug-likeness (QED) is 0.392. The zero-order chi connectivity index (χ0) is 18.5. The lowest BCUT2D eigenvalue weighted by atomic mass is 9.97. The summed E-state index contributed by atoms with van der Waals surface area (Å²) in [5, 5.41) is 13.6. The van der Waals surface area contributed by atoms with Gasteiger partial charge in [-0.15, -0.1) is 10.2 Å². The molecule has 0 aliphatic carbocycles. The van der Waals surface area contributed by atoms with Crippen molar-refractivity contribution < 1.29 is 13.0 Å². The number of rotatable bonds is 2. The summed E-state index contributed by atoms with van der Waals surface area (Å²) >= 11 is 12.3. The van der Waals surface area contributed by atoms with E-state index >= 15 is 0 Å². The normalized spacial score (nSPS) is 12.0. The summed E-state index contributed by atoms with van der Waals surface area (Å²) in [6, 6.07) is 14.2. The molecule has 3 aromatic carbocycles. The van der Waals surface area contributed by atoms with Crippen LogP contribution in [0.4, 0.5) is 0 Å². The van der Waals surface area contributed by atoms with E-state index in [1.807, 2.05) is 36.4 Å². The van der Waals surface area contributed by atoms with Crippen LogP contribution in [0.1, 0.15) is 0 Å². The van der Waals surface area contributed by atoms with Crippen LogP contribution in [-0.4, -0.2) is 28.4 Å². The van der Waals surface area contributed by atoms with Crippen molar-refractivity contribution >= 4 is 54.9 Å². The first kappa shape index (κ1) is 17.1. The van der Waals surface area contributed by atoms with Crippen LogP contribution < -0.4 is 0 Å². The minimum Gasteiger partial charge on any atom is -0.282 e. The van der Waals surface area contributed by atoms with E-state index in [0.717, 1.165) is 16.2 Å². The molecule has 6 nitrogen and oxygen atoms in total. The second-order valence-electron chi connectivity index (χ2n) is 5.58. The number of fused-ring (bicyclic) bond motifs is 2. The molecule has 4 rings (SSSR count). The number of aromatic nitrogens is 3. The number of hydrogen-bond acceptors (Lipinski definition) is 5. The van der Waals surface area contributed by atoms with Gasteiger partial charge in [0.25, 0.3) is 10.1 Å². The van der Waals surface area contributed by atoms with Crippen LogP contribution in [0.25, 0.3) is 32.7 Å². The van der Waals surface area contributed by atoms with Crippen molar-refractivity contribution in [1.82, 2.24) is 15.4 Å². The maximum absolute atomic E-state index is 12.0. The predicted octanol–water partition coefficient (Wildman–Crippen LogP) is 4.40. The van der Waals surface area contributed by atoms with Crippen molar-refractivity contribution in [2.75, 3.05) is 0 Å². The predicted molar refractivity (Wildman–Crippen MR) is 100 cm³/mol. The molecule has 4 aromatic rings. The van der Waals surface area contributed by atoms with Crippen molar-refractivity contribution in [3.63, 3.8) is 0 Å². The van der Waals surface area contributed by atoms with Crippen molar-refractivity contribution in [2.45, 2.75) is 4.90 Å². The van der Waals surface area contributed by atoms with Gasteiger partial charge in [-0.2, -0.15) is 8.42 Å². The Hall–Kier alpha value is -2.32. The van der Waals surface area contributed by atoms with Gasteiger partial charge in [0.05, 0.1) is 5.56 Å². The second-order valence-corrected chi connectivity index (χ2v) is 7.69. The van der Waals surface area contributed by atoms with Crippen LogP contribution in [0, 0.1) is 0 Å². The second kappa shape index (κ2) is 6.14. The molecule has 0 aliphatic rings. The van der Waals surface area contributed by atoms with Gasteiger partial charge in [0.2, 0.25) is 0 Å². The smallest absolute Gasteiger partial charge is 0.282 e. The third kappa shape index (κ3) is 2.79. The number of hydrogen-bond donors (Lipinski definition) is 1. The van der Waals surface area contributed by atoms with Crippen molar-refractivity contribution in [3.8, 4) is 11.1 Å². The molecule has 0 unspecified atom stereocenters. The number of halogens is 2. The molecule has 0 fully saturated rings. The Labute approximate surface area is 158 Å². The average molecular weight is 406 g/mol. The van der Waals surface area contributed by atoms with E-state index in [9.17, 15) is 13.0 Å². The monoisotopic (exact) mass is 405 g/mol. The molecule has 0 atom stereocenters. The van der Waals surface area contributed by atoms with E-state index in [2.05, 4.69) is 15.4 Å². The van der Waals surface area contributed by atoms with Crippen molar-refractivity contribution in [2.24, 2.45) is 0 Å². The Kier molecular flexibility index (Phi) is 4.04. The fourth-order valence-electron chi connectivity index (χ4n) is 2.96. The fraction of sp³-hybridized carbons (Fsp3) is 0. The van der Waals surface area contributed by atoms with E-state index in [1.54, 1.807) is 6.07 Å². The van der Waals surface area contributed by atoms with Crippen LogP contribution in [0.2, 0.25) is 10.3 Å². The minimum atomic E-state index is -4.55. The summed E-state index contributed by atoms with van der Waals surface area (Å²) in [7, 11) is -4.55. The van der Waals surface area contributed by atoms with Gasteiger partial charge >= 0.3 is 0 Å². The summed E-state index contributed by atoms with van der Waals surface area (Å²) in [5.41, 5.74) is 0.227. The van der Waals surface area contributed by atoms with Crippen LogP contribution in [-0.2, 0) is 10.1 Å². The standard InChI is InChI=1S/C17H9Cl2N3O3S/c18-16-15(17(19)21-22-20-16)14-12-8-10-4-2-1-3-9(10)7-11(12)5-6-13(14)26(23,24)25/h1-8H,(H,23,24,25). The van der Waals surface area contributed by atoms with Crippen LogP contribution >= 0.6 is 23.2 Å². The number of benzene rings is 3. The van der Waals surface area contributed by atoms with E-state index in [4.69, 9.17) is 23.2 Å². The van der Waals surface area contributed by atoms with Gasteiger partial charge in [-0.25, -0.2) is 0 Å². The van der Waals surface area contributed by atoms with Gasteiger partial charge in [0, 0.05) is 5.56 Å². The lowest BCUT2D eigenvalue weighted by Gasteiger charge is -2.13. The summed E-state index contributed by atoms with van der Waals surface area (Å²) in [6.45, 7) is 0. The first-order valence-electron chi connectivity index (χ1n) is 7.34. The molecule has 0 spiro atoms. The summed E-state index contributed by atoms with van der Waals surface area (Å²) in [6.07, 6.45) is 0. The first-order chi connectivity index (χ1) is 12.4. The Bertz CT molecular complexity index is 1270. The lowest BCUT2D eigenvalue weighted by Crippen LogP contribution is -2.03. The van der Waals surface area contributed by atoms with E-state index in [1.165, 1.54) is 6.07 Å². The zero-order valence-electron chi connectivity index (χ0n) is 12.9. The highest BCUT2D eigenvalue weighted by atomic mass is 35.5. The van der Waals surface area contributed by atoms with E-state index in [0.29, 0.717) is 5.39 Å². The zero-order valence-corrected chi connectivity index (χ0v) is 15.2. The molecular formula is C17H9Cl2N3O3S. The Morgan fingerprint density at radius 1 is 0.808 bits per heavy atom. The first-order valence-corrected chi connectivity index (χ1v) is 9.53. The van der Waals surface area contributed by atoms with Gasteiger partial charge < -0.3 is 0 Å². The molecule has 0 radical (unpaired) electrons. The summed E-state index contributed by atoms with van der Waals surface area (Å²) in [4.78, 5) is -0.334. The van der Waals surface area contributed by atoms with Gasteiger partial charge in [-0.05, 0) is 45.0 Å². The molecule has 1 N–H and O–H groups in total.